The molecule has 0 unspecified atom stereocenters. The van der Waals surface area contributed by atoms with E-state index in [-0.39, 0.29) is 62.7 Å². The van der Waals surface area contributed by atoms with Crippen LogP contribution < -0.4 is 75.1 Å². The molecule has 3 aromatic heterocycles. The maximum Gasteiger partial charge on any atom is 0.323 e. The molecule has 0 radical (unpaired) electrons. The van der Waals surface area contributed by atoms with E-state index in [0.717, 1.165) is 36.3 Å². The Hall–Kier alpha value is -14.1. The molecule has 3 fully saturated rings. The number of aliphatic carboxylic acids is 1. The Kier molecular flexibility index (Phi) is 39.3. The lowest BCUT2D eigenvalue weighted by Crippen LogP contribution is -2.62. The Labute approximate surface area is 792 Å². The number of hydrogen-bond donors (Lipinski definition) is 19. The first kappa shape index (κ1) is 107. The topological polar surface area (TPSA) is 678 Å². The van der Waals surface area contributed by atoms with Crippen LogP contribution in [0.25, 0.3) is 21.8 Å². The molecule has 0 aliphatic carbocycles. The number of nitrogens with one attached hydrogen (secondary N) is 12. The van der Waals surface area contributed by atoms with E-state index in [1.165, 1.54) is 64.7 Å². The van der Waals surface area contributed by atoms with Crippen LogP contribution in [0.5, 0.6) is 5.75 Å². The first-order valence-corrected chi connectivity index (χ1v) is 46.1. The standard InChI is InChI=1S/C90H122N22O24S/c1-8-10-20-68-83(128)105-65(44-114)82(127)106-66(78(123)96-39-74(93)118)45-137-46-75(119)98-61(31-49-24-26-54(136-7)27-25-49)86(131)107(4)48(3)77(122)102-63(36-73(92)117)89(134)111-30-16-23-69(111)84(129)101-60(34-52-38-94-47-97-52)80(125)99-58(28-29-72(91)116)88(133)112-41-53(115)35-71(112)85(130)100-59(32-50-37-95-57-19-14-12-17-55(50)57)79(124)104-64(43-113)81(126)103-62(87(132)109(6)70(21-11-9-2)90(135)108(68)5)33-51-40-110(42-76(120)121)67-22-15-13-18-56(51)67/h12-15,17-19,22,24-27,37-38,40,47-48,53,58-66,68-71,95,113-115H,8-11,16,20-21,23,28-36,39,41-46H2,1-7H3,(H2,91,116)(H2,92,117)(H2,93,118)(H,94,97)(H,96,123)(H,98,119)(H,99,125)(H,100,130)(H,101,129)(H,102,122)(H,103,126)(H,104,124)(H,105,128)(H,106,127)(H,120,121)/t48-,53+,58-,59-,60-,61-,62-,63-,64-,65-,66-,68-,69-,70-,71-/m0/s1. The highest BCUT2D eigenvalue weighted by Crippen LogP contribution is 2.29. The molecule has 6 heterocycles. The number of amides is 18. The van der Waals surface area contributed by atoms with Crippen molar-refractivity contribution in [3.63, 3.8) is 0 Å². The van der Waals surface area contributed by atoms with E-state index in [1.807, 2.05) is 0 Å². The zero-order valence-corrected chi connectivity index (χ0v) is 77.9. The lowest BCUT2D eigenvalue weighted by atomic mass is 10.00. The smallest absolute Gasteiger partial charge is 0.323 e. The van der Waals surface area contributed by atoms with Gasteiger partial charge < -0.3 is 135 Å². The highest BCUT2D eigenvalue weighted by Gasteiger charge is 2.47. The summed E-state index contributed by atoms with van der Waals surface area (Å²) in [4.78, 5) is 289. The van der Waals surface area contributed by atoms with Crippen LogP contribution in [0.15, 0.2) is 97.7 Å². The number of nitrogens with two attached hydrogens (primary N) is 3. The van der Waals surface area contributed by atoms with E-state index in [0.29, 0.717) is 51.5 Å². The summed E-state index contributed by atoms with van der Waals surface area (Å²) in [6.45, 7) is 0.389. The van der Waals surface area contributed by atoms with Crippen LogP contribution in [0.4, 0.5) is 0 Å². The summed E-state index contributed by atoms with van der Waals surface area (Å²) < 4.78 is 6.71. The molecule has 3 aliphatic heterocycles. The Balaban J connectivity index is 1.11. The molecular formula is C90H122N22O24S. The number of aromatic amines is 2. The van der Waals surface area contributed by atoms with Gasteiger partial charge in [0.1, 0.15) is 96.9 Å². The predicted octanol–water partition coefficient (Wildman–Crippen LogP) is -5.12. The summed E-state index contributed by atoms with van der Waals surface area (Å²) >= 11 is 0.718. The minimum Gasteiger partial charge on any atom is -0.497 e. The van der Waals surface area contributed by atoms with E-state index >= 15 is 33.6 Å². The summed E-state index contributed by atoms with van der Waals surface area (Å²) in [5.41, 5.74) is 19.0. The lowest BCUT2D eigenvalue weighted by Gasteiger charge is -2.36. The molecule has 3 aliphatic rings. The summed E-state index contributed by atoms with van der Waals surface area (Å²) in [5.74, 6) is -20.6. The molecule has 742 valence electrons. The second-order valence-corrected chi connectivity index (χ2v) is 35.1. The summed E-state index contributed by atoms with van der Waals surface area (Å²) in [5, 5.41) is 70.0. The maximum atomic E-state index is 15.8. The molecule has 15 atom stereocenters. The molecule has 3 saturated heterocycles. The number of carbonyl (C=O) groups excluding carboxylic acids is 18. The number of aliphatic hydroxyl groups is 3. The van der Waals surface area contributed by atoms with Gasteiger partial charge in [-0.2, -0.15) is 0 Å². The van der Waals surface area contributed by atoms with Crippen molar-refractivity contribution in [2.75, 3.05) is 72.6 Å². The zero-order chi connectivity index (χ0) is 100. The van der Waals surface area contributed by atoms with E-state index in [1.54, 1.807) is 86.6 Å². The van der Waals surface area contributed by atoms with Crippen LogP contribution in [-0.2, 0) is 123 Å². The monoisotopic (exact) mass is 1930 g/mol. The first-order chi connectivity index (χ1) is 65.3. The number of likely N-dealkylation sites (N-methyl/N-ethyl adjacent to an activating group) is 3. The molecule has 3 aromatic carbocycles. The Morgan fingerprint density at radius 1 is 0.555 bits per heavy atom. The van der Waals surface area contributed by atoms with Gasteiger partial charge in [0.15, 0.2) is 0 Å². The van der Waals surface area contributed by atoms with Gasteiger partial charge in [-0.15, -0.1) is 11.8 Å². The van der Waals surface area contributed by atoms with Gasteiger partial charge in [0, 0.05) is 119 Å². The number of rotatable bonds is 27. The van der Waals surface area contributed by atoms with Crippen LogP contribution in [-0.4, -0.2) is 340 Å². The number of nitrogens with zero attached hydrogens (tertiary/aromatic N) is 7. The minimum absolute atomic E-state index is 0.0760. The number of methoxy groups -OCH3 is 1. The Morgan fingerprint density at radius 2 is 1.12 bits per heavy atom. The molecule has 18 amide bonds. The van der Waals surface area contributed by atoms with Crippen LogP contribution in [0.3, 0.4) is 0 Å². The highest BCUT2D eigenvalue weighted by molar-refractivity contribution is 8.00. The van der Waals surface area contributed by atoms with Crippen LogP contribution >= 0.6 is 11.8 Å². The number of ether oxygens (including phenoxy) is 1. The summed E-state index contributed by atoms with van der Waals surface area (Å²) in [7, 11) is 5.13. The van der Waals surface area contributed by atoms with Crippen molar-refractivity contribution >= 4 is 146 Å². The fourth-order valence-corrected chi connectivity index (χ4v) is 17.5. The number of hydrogen-bond acceptors (Lipinski definition) is 25. The maximum absolute atomic E-state index is 15.8. The number of unbranched alkanes of at least 4 members (excludes halogenated alkanes) is 2. The number of carboxylic acids is 1. The number of para-hydroxylation sites is 2. The molecule has 46 nitrogen and oxygen atoms in total. The largest absolute Gasteiger partial charge is 0.497 e. The van der Waals surface area contributed by atoms with Gasteiger partial charge in [-0.25, -0.2) is 4.98 Å². The van der Waals surface area contributed by atoms with Gasteiger partial charge in [-0.3, -0.25) is 91.1 Å². The van der Waals surface area contributed by atoms with Gasteiger partial charge >= 0.3 is 5.97 Å². The third-order valence-corrected chi connectivity index (χ3v) is 25.2. The number of imidazole rings is 1. The number of carbonyl (C=O) groups is 19. The Bertz CT molecular complexity index is 5360. The molecule has 137 heavy (non-hydrogen) atoms. The Morgan fingerprint density at radius 3 is 1.74 bits per heavy atom. The van der Waals surface area contributed by atoms with Gasteiger partial charge in [-0.05, 0) is 80.0 Å². The number of aromatic nitrogens is 4. The number of benzene rings is 3. The molecule has 0 saturated carbocycles. The second-order valence-electron chi connectivity index (χ2n) is 34.1. The van der Waals surface area contributed by atoms with Crippen LogP contribution in [0.1, 0.15) is 120 Å². The summed E-state index contributed by atoms with van der Waals surface area (Å²) in [6.07, 6.45) is 1.32. The molecule has 6 aromatic rings. The number of thioether (sulfide) groups is 1. The quantitative estimate of drug-likeness (QED) is 0.0229. The van der Waals surface area contributed by atoms with Gasteiger partial charge in [0.25, 0.3) is 0 Å². The number of carboxylic acid groups (broad SMARTS) is 1. The lowest BCUT2D eigenvalue weighted by molar-refractivity contribution is -0.149. The second kappa shape index (κ2) is 50.5. The van der Waals surface area contributed by atoms with E-state index in [4.69, 9.17) is 21.9 Å². The molecule has 0 spiro atoms. The third kappa shape index (κ3) is 29.0. The summed E-state index contributed by atoms with van der Waals surface area (Å²) in [6, 6.07) is -3.99. The third-order valence-electron chi connectivity index (χ3n) is 24.2. The zero-order valence-electron chi connectivity index (χ0n) is 77.1. The van der Waals surface area contributed by atoms with Crippen LogP contribution in [0.2, 0.25) is 0 Å². The van der Waals surface area contributed by atoms with E-state index < -0.39 is 292 Å². The predicted molar refractivity (Wildman–Crippen MR) is 493 cm³/mol. The van der Waals surface area contributed by atoms with Crippen LogP contribution in [0, 0.1) is 0 Å². The number of H-pyrrole nitrogens is 2. The van der Waals surface area contributed by atoms with E-state index in [2.05, 4.69) is 68.1 Å². The number of aliphatic hydroxyl groups excluding tert-OH is 3. The van der Waals surface area contributed by atoms with Crippen molar-refractivity contribution in [2.45, 2.75) is 221 Å². The van der Waals surface area contributed by atoms with Crippen molar-refractivity contribution < 1.29 is 116 Å². The number of fused-ring (bicyclic) bond motifs is 4. The fraction of sp³-hybridized carbons (Fsp3) is 0.511. The first-order valence-electron chi connectivity index (χ1n) is 45.0. The average Bonchev–Trinajstić information content (AvgIpc) is 1.63. The molecule has 22 N–H and O–H groups in total. The van der Waals surface area contributed by atoms with E-state index in [9.17, 15) is 78.0 Å². The fourth-order valence-electron chi connectivity index (χ4n) is 16.6. The molecular weight excluding hydrogens is 1810 g/mol. The number of primary amides is 3. The normalized spacial score (nSPS) is 24.5. The highest BCUT2D eigenvalue weighted by atomic mass is 32.2. The van der Waals surface area contributed by atoms with Crippen molar-refractivity contribution in [1.29, 1.82) is 0 Å². The SMILES string of the molecule is CCCC[C@H]1C(=O)N(C)[C@@H](CCCC)C(=O)N[C@@H](CO)C(=O)N[C@H](C(=O)NCC(N)=O)CSCC(=O)N[C@@H](Cc2ccc(OC)cc2)C(=O)N(C)[C@@H](C)C(=O)N[C@@H](CC(N)=O)C(=O)N2CCC[C@H]2C(=O)N[C@@H](Cc2c[nH]cn2)C(=O)N[C@@H](CCC(N)=O)C(=O)N2C[C@H](O)C[C@H]2C(=O)N[C@@H](Cc2c[nH]c3ccccc23)C(=O)N[C@@H](CO)C(=O)N[C@@H](Cc2cn(CC(=O)O)c3ccccc23)C(=O)N1C. The molecule has 9 rings (SSSR count). The van der Waals surface area contributed by atoms with Crippen molar-refractivity contribution in [2.24, 2.45) is 17.2 Å². The van der Waals surface area contributed by atoms with Gasteiger partial charge in [-0.1, -0.05) is 88.1 Å². The van der Waals surface area contributed by atoms with Gasteiger partial charge in [0.05, 0.1) is 57.2 Å². The minimum atomic E-state index is -2.01. The molecule has 0 bridgehead atoms. The van der Waals surface area contributed by atoms with Gasteiger partial charge in [0.2, 0.25) is 106 Å². The van der Waals surface area contributed by atoms with Crippen molar-refractivity contribution in [3.8, 4) is 5.75 Å². The average molecular weight is 1930 g/mol. The molecule has 47 heteroatoms. The van der Waals surface area contributed by atoms with Crippen molar-refractivity contribution in [3.05, 3.63) is 120 Å². The van der Waals surface area contributed by atoms with Crippen molar-refractivity contribution in [1.82, 2.24) is 97.2 Å².